The topological polar surface area (TPSA) is 38.9 Å². The van der Waals surface area contributed by atoms with Gasteiger partial charge in [0.15, 0.2) is 0 Å². The van der Waals surface area contributed by atoms with Crippen molar-refractivity contribution in [1.29, 1.82) is 0 Å². The van der Waals surface area contributed by atoms with Gasteiger partial charge in [0.05, 0.1) is 5.56 Å². The van der Waals surface area contributed by atoms with Gasteiger partial charge in [-0.1, -0.05) is 6.07 Å². The molecule has 0 aliphatic heterocycles. The van der Waals surface area contributed by atoms with E-state index in [0.29, 0.717) is 5.89 Å². The molecule has 2 aromatic rings. The van der Waals surface area contributed by atoms with Gasteiger partial charge in [-0.05, 0) is 44.0 Å². The summed E-state index contributed by atoms with van der Waals surface area (Å²) < 4.78 is 6.80. The lowest BCUT2D eigenvalue weighted by atomic mass is 10.2. The standard InChI is InChI=1S/C8H3Br2N2O/c9-6-3-1-2-5(7(6)10)8-12-11-4-13-8/h1-3H. The highest BCUT2D eigenvalue weighted by molar-refractivity contribution is 9.13. The van der Waals surface area contributed by atoms with Crippen LogP contribution in [-0.2, 0) is 0 Å². The maximum Gasteiger partial charge on any atom is 0.306 e. The molecule has 1 heterocycles. The summed E-state index contributed by atoms with van der Waals surface area (Å²) in [7, 11) is 0. The Labute approximate surface area is 91.4 Å². The van der Waals surface area contributed by atoms with Crippen molar-refractivity contribution in [3.05, 3.63) is 33.5 Å². The van der Waals surface area contributed by atoms with Gasteiger partial charge in [-0.15, -0.1) is 10.2 Å². The lowest BCUT2D eigenvalue weighted by Crippen LogP contribution is -1.80. The van der Waals surface area contributed by atoms with Crippen LogP contribution in [0.1, 0.15) is 0 Å². The number of halogens is 2. The van der Waals surface area contributed by atoms with Crippen LogP contribution in [0.3, 0.4) is 0 Å². The lowest BCUT2D eigenvalue weighted by molar-refractivity contribution is 0.558. The van der Waals surface area contributed by atoms with Crippen LogP contribution in [0.15, 0.2) is 31.6 Å². The third kappa shape index (κ3) is 1.66. The van der Waals surface area contributed by atoms with Crippen molar-refractivity contribution in [3.63, 3.8) is 0 Å². The van der Waals surface area contributed by atoms with Gasteiger partial charge >= 0.3 is 6.39 Å². The molecule has 3 nitrogen and oxygen atoms in total. The van der Waals surface area contributed by atoms with Crippen molar-refractivity contribution in [3.8, 4) is 11.5 Å². The predicted molar refractivity (Wildman–Crippen MR) is 54.0 cm³/mol. The Morgan fingerprint density at radius 1 is 1.31 bits per heavy atom. The van der Waals surface area contributed by atoms with Crippen molar-refractivity contribution < 1.29 is 4.42 Å². The van der Waals surface area contributed by atoms with E-state index in [4.69, 9.17) is 4.42 Å². The highest BCUT2D eigenvalue weighted by atomic mass is 79.9. The zero-order chi connectivity index (χ0) is 9.26. The fourth-order valence-corrected chi connectivity index (χ4v) is 1.73. The molecule has 13 heavy (non-hydrogen) atoms. The van der Waals surface area contributed by atoms with Crippen molar-refractivity contribution in [2.24, 2.45) is 0 Å². The molecule has 2 rings (SSSR count). The molecule has 1 aromatic heterocycles. The van der Waals surface area contributed by atoms with E-state index in [1.54, 1.807) is 0 Å². The average molecular weight is 303 g/mol. The van der Waals surface area contributed by atoms with E-state index in [2.05, 4.69) is 48.5 Å². The van der Waals surface area contributed by atoms with Crippen LogP contribution >= 0.6 is 31.9 Å². The summed E-state index contributed by atoms with van der Waals surface area (Å²) in [5.41, 5.74) is 0.850. The molecular weight excluding hydrogens is 300 g/mol. The second kappa shape index (κ2) is 3.59. The first-order valence-corrected chi connectivity index (χ1v) is 5.01. The highest BCUT2D eigenvalue weighted by Crippen LogP contribution is 2.32. The fraction of sp³-hybridized carbons (Fsp3) is 0. The Balaban J connectivity index is 2.59. The molecule has 5 heteroatoms. The quantitative estimate of drug-likeness (QED) is 0.812. The summed E-state index contributed by atoms with van der Waals surface area (Å²) >= 11 is 6.80. The third-order valence-electron chi connectivity index (χ3n) is 1.51. The number of benzene rings is 1. The number of hydrogen-bond acceptors (Lipinski definition) is 3. The second-order valence-corrected chi connectivity index (χ2v) is 3.95. The summed E-state index contributed by atoms with van der Waals surface area (Å²) in [5.74, 6) is 0.452. The van der Waals surface area contributed by atoms with E-state index in [0.717, 1.165) is 14.5 Å². The van der Waals surface area contributed by atoms with Crippen LogP contribution in [0.25, 0.3) is 11.5 Å². The van der Waals surface area contributed by atoms with Crippen LogP contribution in [0.5, 0.6) is 0 Å². The molecule has 0 aliphatic rings. The van der Waals surface area contributed by atoms with E-state index in [1.807, 2.05) is 18.2 Å². The van der Waals surface area contributed by atoms with Gasteiger partial charge in [0, 0.05) is 8.95 Å². The molecule has 0 N–H and O–H groups in total. The van der Waals surface area contributed by atoms with E-state index >= 15 is 0 Å². The molecule has 0 saturated carbocycles. The molecule has 1 radical (unpaired) electrons. The van der Waals surface area contributed by atoms with Gasteiger partial charge in [0.25, 0.3) is 0 Å². The first kappa shape index (κ1) is 8.90. The van der Waals surface area contributed by atoms with Crippen LogP contribution in [0, 0.1) is 6.39 Å². The van der Waals surface area contributed by atoms with Crippen LogP contribution in [-0.4, -0.2) is 10.2 Å². The molecule has 1 aromatic carbocycles. The van der Waals surface area contributed by atoms with Crippen molar-refractivity contribution in [1.82, 2.24) is 10.2 Å². The van der Waals surface area contributed by atoms with Crippen molar-refractivity contribution in [2.45, 2.75) is 0 Å². The number of rotatable bonds is 1. The normalized spacial score (nSPS) is 10.3. The summed E-state index contributed by atoms with van der Waals surface area (Å²) in [6, 6.07) is 5.71. The maximum absolute atomic E-state index is 4.96. The molecule has 0 spiro atoms. The van der Waals surface area contributed by atoms with E-state index in [9.17, 15) is 0 Å². The SMILES string of the molecule is Brc1cccc(-c2nn[c]o2)c1Br. The van der Waals surface area contributed by atoms with Gasteiger partial charge in [-0.2, -0.15) is 0 Å². The molecule has 0 saturated heterocycles. The van der Waals surface area contributed by atoms with Crippen molar-refractivity contribution >= 4 is 31.9 Å². The van der Waals surface area contributed by atoms with Gasteiger partial charge in [0.1, 0.15) is 0 Å². The fourth-order valence-electron chi connectivity index (χ4n) is 0.928. The Morgan fingerprint density at radius 2 is 2.15 bits per heavy atom. The summed E-state index contributed by atoms with van der Waals surface area (Å²) in [4.78, 5) is 0. The third-order valence-corrected chi connectivity index (χ3v) is 3.55. The van der Waals surface area contributed by atoms with Crippen molar-refractivity contribution in [2.75, 3.05) is 0 Å². The van der Waals surface area contributed by atoms with Gasteiger partial charge in [-0.25, -0.2) is 0 Å². The van der Waals surface area contributed by atoms with E-state index in [1.165, 1.54) is 0 Å². The zero-order valence-corrected chi connectivity index (χ0v) is 9.46. The molecular formula is C8H3Br2N2O. The molecule has 0 atom stereocenters. The van der Waals surface area contributed by atoms with Gasteiger partial charge in [0.2, 0.25) is 5.89 Å². The Hall–Kier alpha value is -0.680. The largest absolute Gasteiger partial charge is 0.412 e. The van der Waals surface area contributed by atoms with E-state index in [-0.39, 0.29) is 0 Å². The monoisotopic (exact) mass is 301 g/mol. The lowest BCUT2D eigenvalue weighted by Gasteiger charge is -1.99. The molecule has 0 fully saturated rings. The van der Waals surface area contributed by atoms with Gasteiger partial charge in [-0.3, -0.25) is 0 Å². The summed E-state index contributed by atoms with van der Waals surface area (Å²) in [5, 5.41) is 7.26. The molecule has 0 amide bonds. The predicted octanol–water partition coefficient (Wildman–Crippen LogP) is 3.06. The Kier molecular flexibility index (Phi) is 2.46. The smallest absolute Gasteiger partial charge is 0.306 e. The van der Waals surface area contributed by atoms with Crippen LogP contribution < -0.4 is 0 Å². The minimum Gasteiger partial charge on any atom is -0.412 e. The molecule has 65 valence electrons. The minimum atomic E-state index is 0.452. The maximum atomic E-state index is 4.96. The molecule has 0 unspecified atom stereocenters. The zero-order valence-electron chi connectivity index (χ0n) is 6.29. The number of hydrogen-bond donors (Lipinski definition) is 0. The summed E-state index contributed by atoms with van der Waals surface area (Å²) in [6.07, 6.45) is 2.30. The van der Waals surface area contributed by atoms with E-state index < -0.39 is 0 Å². The number of aromatic nitrogens is 2. The number of nitrogens with zero attached hydrogens (tertiary/aromatic N) is 2. The Bertz CT molecular complexity index is 414. The van der Waals surface area contributed by atoms with Gasteiger partial charge < -0.3 is 4.42 Å². The Morgan fingerprint density at radius 3 is 2.85 bits per heavy atom. The second-order valence-electron chi connectivity index (χ2n) is 2.30. The molecule has 0 bridgehead atoms. The van der Waals surface area contributed by atoms with Crippen LogP contribution in [0.2, 0.25) is 0 Å². The first-order valence-electron chi connectivity index (χ1n) is 3.43. The first-order chi connectivity index (χ1) is 6.29. The minimum absolute atomic E-state index is 0.452. The summed E-state index contributed by atoms with van der Waals surface area (Å²) in [6.45, 7) is 0. The molecule has 0 aliphatic carbocycles. The average Bonchev–Trinajstić information content (AvgIpc) is 2.62. The highest BCUT2D eigenvalue weighted by Gasteiger charge is 2.09. The van der Waals surface area contributed by atoms with Crippen LogP contribution in [0.4, 0.5) is 0 Å².